The Bertz CT molecular complexity index is 1140. The number of aromatic nitrogens is 2. The summed E-state index contributed by atoms with van der Waals surface area (Å²) in [6.45, 7) is 6.88. The smallest absolute Gasteiger partial charge is 0.328 e. The highest BCUT2D eigenvalue weighted by Crippen LogP contribution is 2.05. The Labute approximate surface area is 263 Å². The highest BCUT2D eigenvalue weighted by atomic mass is 16.4. The molecule has 0 saturated carbocycles. The summed E-state index contributed by atoms with van der Waals surface area (Å²) in [4.78, 5) is 71.2. The maximum absolute atomic E-state index is 9.55. The zero-order valence-electron chi connectivity index (χ0n) is 24.7. The topological polar surface area (TPSA) is 256 Å². The van der Waals surface area contributed by atoms with Crippen molar-refractivity contribution < 1.29 is 59.4 Å². The first-order valence-electron chi connectivity index (χ1n) is 13.4. The van der Waals surface area contributed by atoms with E-state index < -0.39 is 35.8 Å². The van der Waals surface area contributed by atoms with Crippen LogP contribution in [0.1, 0.15) is 11.4 Å². The molecule has 46 heavy (non-hydrogen) atoms. The number of rotatable bonds is 12. The van der Waals surface area contributed by atoms with Crippen LogP contribution in [-0.4, -0.2) is 125 Å². The quantitative estimate of drug-likeness (QED) is 0.176. The normalized spacial score (nSPS) is 13.0. The molecule has 0 amide bonds. The molecule has 0 radical (unpaired) electrons. The van der Waals surface area contributed by atoms with Crippen LogP contribution >= 0.6 is 0 Å². The molecule has 0 unspecified atom stereocenters. The third-order valence-corrected chi connectivity index (χ3v) is 5.39. The average Bonchev–Trinajstić information content (AvgIpc) is 3.02. The standard InChI is InChI=1S/C18H24N4.3C4H4O4/c1-3-9-19-17(5-1)7-11-21-13-15-22(16-14-21)12-8-18-6-2-4-10-20-18;3*5-3(6)1-2-4(7)8/h1-6,9-10H,7-8,11-16H2;3*1-2H,(H,5,6)(H,7,8). The lowest BCUT2D eigenvalue weighted by Gasteiger charge is -2.34. The number of piperazine rings is 1. The molecule has 6 N–H and O–H groups in total. The first-order valence-corrected chi connectivity index (χ1v) is 13.4. The third-order valence-electron chi connectivity index (χ3n) is 5.39. The van der Waals surface area contributed by atoms with Crippen LogP contribution < -0.4 is 0 Å². The minimum absolute atomic E-state index is 0.558. The fraction of sp³-hybridized carbons (Fsp3) is 0.267. The lowest BCUT2D eigenvalue weighted by atomic mass is 10.2. The van der Waals surface area contributed by atoms with E-state index >= 15 is 0 Å². The van der Waals surface area contributed by atoms with Gasteiger partial charge in [-0.05, 0) is 24.3 Å². The fourth-order valence-corrected chi connectivity index (χ4v) is 3.30. The largest absolute Gasteiger partial charge is 0.478 e. The number of hydrogen-bond donors (Lipinski definition) is 6. The molecule has 3 rings (SSSR count). The number of aliphatic carboxylic acids is 6. The molecule has 0 aromatic carbocycles. The summed E-state index contributed by atoms with van der Waals surface area (Å²) in [7, 11) is 0. The zero-order valence-corrected chi connectivity index (χ0v) is 24.7. The van der Waals surface area contributed by atoms with E-state index in [1.54, 1.807) is 0 Å². The van der Waals surface area contributed by atoms with Gasteiger partial charge in [-0.2, -0.15) is 0 Å². The summed E-state index contributed by atoms with van der Waals surface area (Å²) in [5.41, 5.74) is 2.39. The Morgan fingerprint density at radius 3 is 0.957 bits per heavy atom. The summed E-state index contributed by atoms with van der Waals surface area (Å²) >= 11 is 0. The molecule has 0 spiro atoms. The second-order valence-corrected chi connectivity index (χ2v) is 8.85. The van der Waals surface area contributed by atoms with Gasteiger partial charge in [0.05, 0.1) is 0 Å². The Balaban J connectivity index is 0.000000699. The fourth-order valence-electron chi connectivity index (χ4n) is 3.30. The van der Waals surface area contributed by atoms with Gasteiger partial charge >= 0.3 is 35.8 Å². The van der Waals surface area contributed by atoms with Crippen molar-refractivity contribution in [1.82, 2.24) is 19.8 Å². The minimum atomic E-state index is -1.26. The van der Waals surface area contributed by atoms with Crippen LogP contribution in [0.5, 0.6) is 0 Å². The van der Waals surface area contributed by atoms with Crippen LogP contribution in [-0.2, 0) is 41.6 Å². The number of carboxylic acids is 6. The maximum atomic E-state index is 9.55. The van der Waals surface area contributed by atoms with E-state index in [2.05, 4.69) is 44.0 Å². The summed E-state index contributed by atoms with van der Waals surface area (Å²) in [6.07, 6.45) is 9.21. The Morgan fingerprint density at radius 2 is 0.761 bits per heavy atom. The number of hydrogen-bond acceptors (Lipinski definition) is 10. The molecule has 1 saturated heterocycles. The average molecular weight is 645 g/mol. The Kier molecular flexibility index (Phi) is 21.6. The van der Waals surface area contributed by atoms with E-state index in [1.165, 1.54) is 11.4 Å². The molecule has 1 aliphatic heterocycles. The van der Waals surface area contributed by atoms with Crippen molar-refractivity contribution in [3.05, 3.63) is 96.6 Å². The van der Waals surface area contributed by atoms with Gasteiger partial charge in [-0.1, -0.05) is 12.1 Å². The summed E-state index contributed by atoms with van der Waals surface area (Å²) in [5.74, 6) is -7.54. The number of carbonyl (C=O) groups is 6. The summed E-state index contributed by atoms with van der Waals surface area (Å²) in [6, 6.07) is 12.3. The highest BCUT2D eigenvalue weighted by molar-refractivity contribution is 5.90. The van der Waals surface area contributed by atoms with E-state index in [0.29, 0.717) is 36.5 Å². The molecular weight excluding hydrogens is 608 g/mol. The minimum Gasteiger partial charge on any atom is -0.478 e. The van der Waals surface area contributed by atoms with Gasteiger partial charge in [-0.25, -0.2) is 28.8 Å². The summed E-state index contributed by atoms with van der Waals surface area (Å²) < 4.78 is 0. The first-order chi connectivity index (χ1) is 21.8. The van der Waals surface area contributed by atoms with Crippen LogP contribution in [0.4, 0.5) is 0 Å². The van der Waals surface area contributed by atoms with Gasteiger partial charge in [0.1, 0.15) is 0 Å². The van der Waals surface area contributed by atoms with Crippen molar-refractivity contribution in [2.45, 2.75) is 12.8 Å². The van der Waals surface area contributed by atoms with Crippen LogP contribution in [0.25, 0.3) is 0 Å². The number of carboxylic acid groups (broad SMARTS) is 6. The predicted molar refractivity (Wildman–Crippen MR) is 162 cm³/mol. The number of pyridine rings is 2. The maximum Gasteiger partial charge on any atom is 0.328 e. The second kappa shape index (κ2) is 24.7. The lowest BCUT2D eigenvalue weighted by Crippen LogP contribution is -2.47. The van der Waals surface area contributed by atoms with Crippen LogP contribution in [0, 0.1) is 0 Å². The van der Waals surface area contributed by atoms with E-state index in [1.807, 2.05) is 24.5 Å². The Morgan fingerprint density at radius 1 is 0.500 bits per heavy atom. The van der Waals surface area contributed by atoms with Crippen molar-refractivity contribution in [3.63, 3.8) is 0 Å². The summed E-state index contributed by atoms with van der Waals surface area (Å²) in [5, 5.41) is 46.9. The van der Waals surface area contributed by atoms with Gasteiger partial charge in [-0.15, -0.1) is 0 Å². The van der Waals surface area contributed by atoms with Crippen molar-refractivity contribution in [2.75, 3.05) is 39.3 Å². The molecule has 1 fully saturated rings. The lowest BCUT2D eigenvalue weighted by molar-refractivity contribution is -0.134. The van der Waals surface area contributed by atoms with Gasteiger partial charge in [0.2, 0.25) is 0 Å². The van der Waals surface area contributed by atoms with Crippen LogP contribution in [0.15, 0.2) is 85.2 Å². The molecule has 16 heteroatoms. The third kappa shape index (κ3) is 25.9. The molecule has 0 bridgehead atoms. The van der Waals surface area contributed by atoms with Crippen molar-refractivity contribution >= 4 is 35.8 Å². The van der Waals surface area contributed by atoms with Crippen molar-refractivity contribution in [1.29, 1.82) is 0 Å². The van der Waals surface area contributed by atoms with E-state index in [-0.39, 0.29) is 0 Å². The SMILES string of the molecule is O=C(O)C=CC(=O)O.O=C(O)C=CC(=O)O.O=C(O)C=CC(=O)O.c1ccc(CCN2CCN(CCc3ccccn3)CC2)nc1. The van der Waals surface area contributed by atoms with E-state index in [0.717, 1.165) is 52.1 Å². The van der Waals surface area contributed by atoms with Gasteiger partial charge < -0.3 is 40.4 Å². The second-order valence-electron chi connectivity index (χ2n) is 8.85. The molecule has 3 heterocycles. The van der Waals surface area contributed by atoms with Crippen LogP contribution in [0.3, 0.4) is 0 Å². The molecule has 0 atom stereocenters. The van der Waals surface area contributed by atoms with Gasteiger partial charge in [0.15, 0.2) is 0 Å². The molecule has 2 aromatic rings. The van der Waals surface area contributed by atoms with Gasteiger partial charge in [-0.3, -0.25) is 9.97 Å². The number of nitrogens with zero attached hydrogens (tertiary/aromatic N) is 4. The molecule has 1 aliphatic rings. The van der Waals surface area contributed by atoms with E-state index in [4.69, 9.17) is 30.6 Å². The molecule has 248 valence electrons. The van der Waals surface area contributed by atoms with Crippen molar-refractivity contribution in [2.24, 2.45) is 0 Å². The molecule has 2 aromatic heterocycles. The van der Waals surface area contributed by atoms with Gasteiger partial charge in [0.25, 0.3) is 0 Å². The monoisotopic (exact) mass is 644 g/mol. The van der Waals surface area contributed by atoms with Gasteiger partial charge in [0, 0.05) is 112 Å². The van der Waals surface area contributed by atoms with Crippen molar-refractivity contribution in [3.8, 4) is 0 Å². The van der Waals surface area contributed by atoms with Crippen LogP contribution in [0.2, 0.25) is 0 Å². The molecule has 0 aliphatic carbocycles. The molecular formula is C30H36N4O12. The molecule has 16 nitrogen and oxygen atoms in total. The first kappa shape index (κ1) is 40.3. The predicted octanol–water partition coefficient (Wildman–Crippen LogP) is 1.01. The van der Waals surface area contributed by atoms with E-state index in [9.17, 15) is 28.8 Å². The Hall–Kier alpha value is -5.74. The highest BCUT2D eigenvalue weighted by Gasteiger charge is 2.16. The zero-order chi connectivity index (χ0) is 34.7.